The molecule has 4 rings (SSSR count). The molecule has 27 heavy (non-hydrogen) atoms. The van der Waals surface area contributed by atoms with Gasteiger partial charge >= 0.3 is 11.8 Å². The maximum absolute atomic E-state index is 13.4. The van der Waals surface area contributed by atoms with Crippen LogP contribution in [0.2, 0.25) is 0 Å². The summed E-state index contributed by atoms with van der Waals surface area (Å²) in [6.07, 6.45) is 15.2. The second kappa shape index (κ2) is 8.19. The average Bonchev–Trinajstić information content (AvgIpc) is 3.20. The SMILES string of the molecule is Cc1cncc(-c2noc(C(=O)N(C3CCCCC3)C3CCCCC3)n2)c1. The average molecular weight is 368 g/mol. The molecule has 2 aliphatic rings. The molecular formula is C21H28N4O2. The maximum Gasteiger partial charge on any atom is 0.316 e. The Morgan fingerprint density at radius 2 is 1.63 bits per heavy atom. The number of pyridine rings is 1. The van der Waals surface area contributed by atoms with Gasteiger partial charge in [-0.05, 0) is 44.2 Å². The third-order valence-corrected chi connectivity index (χ3v) is 5.91. The van der Waals surface area contributed by atoms with E-state index in [1.807, 2.05) is 13.0 Å². The normalized spacial score (nSPS) is 19.1. The van der Waals surface area contributed by atoms with E-state index >= 15 is 0 Å². The summed E-state index contributed by atoms with van der Waals surface area (Å²) in [6, 6.07) is 2.57. The van der Waals surface area contributed by atoms with Crippen LogP contribution >= 0.6 is 0 Å². The van der Waals surface area contributed by atoms with Gasteiger partial charge in [-0.15, -0.1) is 0 Å². The van der Waals surface area contributed by atoms with E-state index in [9.17, 15) is 4.79 Å². The van der Waals surface area contributed by atoms with Crippen molar-refractivity contribution < 1.29 is 9.32 Å². The molecule has 0 spiro atoms. The molecule has 0 saturated heterocycles. The van der Waals surface area contributed by atoms with Crippen LogP contribution < -0.4 is 0 Å². The highest BCUT2D eigenvalue weighted by molar-refractivity contribution is 5.90. The zero-order valence-electron chi connectivity index (χ0n) is 16.1. The molecule has 0 unspecified atom stereocenters. The lowest BCUT2D eigenvalue weighted by Gasteiger charge is -2.41. The van der Waals surface area contributed by atoms with Gasteiger partial charge in [0.2, 0.25) is 5.82 Å². The molecule has 2 aromatic heterocycles. The zero-order valence-corrected chi connectivity index (χ0v) is 16.1. The molecule has 0 aromatic carbocycles. The van der Waals surface area contributed by atoms with Crippen LogP contribution in [0.25, 0.3) is 11.4 Å². The molecule has 2 aliphatic carbocycles. The van der Waals surface area contributed by atoms with Crippen molar-refractivity contribution in [3.05, 3.63) is 29.9 Å². The smallest absolute Gasteiger partial charge is 0.316 e. The van der Waals surface area contributed by atoms with Crippen LogP contribution in [0.15, 0.2) is 23.0 Å². The minimum absolute atomic E-state index is 0.0897. The first-order chi connectivity index (χ1) is 13.2. The Morgan fingerprint density at radius 3 is 2.22 bits per heavy atom. The van der Waals surface area contributed by atoms with Crippen molar-refractivity contribution in [3.63, 3.8) is 0 Å². The minimum Gasteiger partial charge on any atom is -0.328 e. The zero-order chi connectivity index (χ0) is 18.6. The molecule has 0 aliphatic heterocycles. The fourth-order valence-corrected chi connectivity index (χ4v) is 4.56. The van der Waals surface area contributed by atoms with Gasteiger partial charge in [0.15, 0.2) is 0 Å². The highest BCUT2D eigenvalue weighted by Gasteiger charge is 2.35. The molecule has 0 bridgehead atoms. The van der Waals surface area contributed by atoms with Gasteiger partial charge in [0.25, 0.3) is 0 Å². The Hall–Kier alpha value is -2.24. The van der Waals surface area contributed by atoms with E-state index in [0.717, 1.165) is 36.8 Å². The van der Waals surface area contributed by atoms with Gasteiger partial charge in [0.1, 0.15) is 0 Å². The van der Waals surface area contributed by atoms with Gasteiger partial charge in [-0.2, -0.15) is 4.98 Å². The third kappa shape index (κ3) is 4.04. The monoisotopic (exact) mass is 368 g/mol. The first kappa shape index (κ1) is 18.1. The van der Waals surface area contributed by atoms with Crippen molar-refractivity contribution in [1.29, 1.82) is 0 Å². The summed E-state index contributed by atoms with van der Waals surface area (Å²) in [5.74, 6) is 0.456. The molecule has 0 radical (unpaired) electrons. The summed E-state index contributed by atoms with van der Waals surface area (Å²) in [5.41, 5.74) is 1.80. The first-order valence-corrected chi connectivity index (χ1v) is 10.3. The molecule has 1 amide bonds. The van der Waals surface area contributed by atoms with Crippen LogP contribution in [-0.4, -0.2) is 38.0 Å². The highest BCUT2D eigenvalue weighted by Crippen LogP contribution is 2.31. The minimum atomic E-state index is -0.0897. The van der Waals surface area contributed by atoms with Crippen LogP contribution in [-0.2, 0) is 0 Å². The van der Waals surface area contributed by atoms with Crippen molar-refractivity contribution in [2.45, 2.75) is 83.2 Å². The Bertz CT molecular complexity index is 758. The molecule has 2 saturated carbocycles. The third-order valence-electron chi connectivity index (χ3n) is 5.91. The van der Waals surface area contributed by atoms with E-state index in [-0.39, 0.29) is 11.8 Å². The summed E-state index contributed by atoms with van der Waals surface area (Å²) in [5, 5.41) is 4.05. The number of aryl methyl sites for hydroxylation is 1. The number of carbonyl (C=O) groups is 1. The highest BCUT2D eigenvalue weighted by atomic mass is 16.5. The first-order valence-electron chi connectivity index (χ1n) is 10.3. The topological polar surface area (TPSA) is 72.1 Å². The molecular weight excluding hydrogens is 340 g/mol. The quantitative estimate of drug-likeness (QED) is 0.792. The van der Waals surface area contributed by atoms with E-state index in [4.69, 9.17) is 4.52 Å². The number of hydrogen-bond acceptors (Lipinski definition) is 5. The molecule has 2 aromatic rings. The van der Waals surface area contributed by atoms with E-state index in [1.165, 1.54) is 38.5 Å². The van der Waals surface area contributed by atoms with Crippen molar-refractivity contribution in [1.82, 2.24) is 20.0 Å². The lowest BCUT2D eigenvalue weighted by atomic mass is 9.88. The van der Waals surface area contributed by atoms with Crippen molar-refractivity contribution in [2.24, 2.45) is 0 Å². The summed E-state index contributed by atoms with van der Waals surface area (Å²) < 4.78 is 5.40. The van der Waals surface area contributed by atoms with Crippen LogP contribution in [0.5, 0.6) is 0 Å². The number of carbonyl (C=O) groups excluding carboxylic acids is 1. The summed E-state index contributed by atoms with van der Waals surface area (Å²) in [6.45, 7) is 1.97. The number of aromatic nitrogens is 3. The van der Waals surface area contributed by atoms with E-state index < -0.39 is 0 Å². The van der Waals surface area contributed by atoms with E-state index in [2.05, 4.69) is 20.0 Å². The second-order valence-corrected chi connectivity index (χ2v) is 7.97. The molecule has 0 N–H and O–H groups in total. The summed E-state index contributed by atoms with van der Waals surface area (Å²) >= 11 is 0. The second-order valence-electron chi connectivity index (χ2n) is 7.97. The standard InChI is InChI=1S/C21H28N4O2/c1-15-12-16(14-22-13-15)19-23-20(27-24-19)21(26)25(17-8-4-2-5-9-17)18-10-6-3-7-11-18/h12-14,17-18H,2-11H2,1H3. The van der Waals surface area contributed by atoms with Gasteiger partial charge in [0.05, 0.1) is 0 Å². The molecule has 6 nitrogen and oxygen atoms in total. The van der Waals surface area contributed by atoms with Gasteiger partial charge in [0, 0.05) is 30.0 Å². The van der Waals surface area contributed by atoms with Crippen molar-refractivity contribution >= 4 is 5.91 Å². The van der Waals surface area contributed by atoms with Gasteiger partial charge in [-0.3, -0.25) is 9.78 Å². The lowest BCUT2D eigenvalue weighted by molar-refractivity contribution is 0.0401. The molecule has 2 fully saturated rings. The molecule has 0 atom stereocenters. The van der Waals surface area contributed by atoms with Crippen LogP contribution in [0.1, 0.15) is 80.5 Å². The van der Waals surface area contributed by atoms with Crippen molar-refractivity contribution in [2.75, 3.05) is 0 Å². The predicted molar refractivity (Wildman–Crippen MR) is 102 cm³/mol. The fraction of sp³-hybridized carbons (Fsp3) is 0.619. The van der Waals surface area contributed by atoms with Gasteiger partial charge in [-0.1, -0.05) is 43.7 Å². The molecule has 144 valence electrons. The van der Waals surface area contributed by atoms with Crippen molar-refractivity contribution in [3.8, 4) is 11.4 Å². The van der Waals surface area contributed by atoms with Gasteiger partial charge in [-0.25, -0.2) is 0 Å². The van der Waals surface area contributed by atoms with Crippen LogP contribution in [0.3, 0.4) is 0 Å². The number of hydrogen-bond donors (Lipinski definition) is 0. The fourth-order valence-electron chi connectivity index (χ4n) is 4.56. The largest absolute Gasteiger partial charge is 0.328 e. The van der Waals surface area contributed by atoms with Crippen LogP contribution in [0, 0.1) is 6.92 Å². The Kier molecular flexibility index (Phi) is 5.50. The van der Waals surface area contributed by atoms with Gasteiger partial charge < -0.3 is 9.42 Å². The Labute approximate surface area is 160 Å². The number of rotatable bonds is 4. The van der Waals surface area contributed by atoms with E-state index in [0.29, 0.717) is 17.9 Å². The Morgan fingerprint density at radius 1 is 1.00 bits per heavy atom. The summed E-state index contributed by atoms with van der Waals surface area (Å²) in [7, 11) is 0. The number of amides is 1. The van der Waals surface area contributed by atoms with E-state index in [1.54, 1.807) is 12.4 Å². The summed E-state index contributed by atoms with van der Waals surface area (Å²) in [4.78, 5) is 24.1. The van der Waals surface area contributed by atoms with Crippen LogP contribution in [0.4, 0.5) is 0 Å². The Balaban J connectivity index is 1.59. The molecule has 6 heteroatoms. The lowest BCUT2D eigenvalue weighted by Crippen LogP contribution is -2.48. The predicted octanol–water partition coefficient (Wildman–Crippen LogP) is 4.55. The number of nitrogens with zero attached hydrogens (tertiary/aromatic N) is 4. The maximum atomic E-state index is 13.4. The molecule has 2 heterocycles.